The topological polar surface area (TPSA) is 71.3 Å². The Labute approximate surface area is 199 Å². The van der Waals surface area contributed by atoms with E-state index >= 15 is 0 Å². The first-order valence-corrected chi connectivity index (χ1v) is 11.7. The lowest BCUT2D eigenvalue weighted by atomic mass is 10.1. The van der Waals surface area contributed by atoms with Crippen molar-refractivity contribution in [1.29, 1.82) is 0 Å². The molecular weight excluding hydrogens is 422 g/mol. The van der Waals surface area contributed by atoms with Gasteiger partial charge in [0.25, 0.3) is 5.91 Å². The summed E-state index contributed by atoms with van der Waals surface area (Å²) < 4.78 is 2.02. The van der Waals surface area contributed by atoms with Crippen molar-refractivity contribution in [2.24, 2.45) is 5.92 Å². The van der Waals surface area contributed by atoms with Gasteiger partial charge in [0.2, 0.25) is 0 Å². The summed E-state index contributed by atoms with van der Waals surface area (Å²) in [5.74, 6) is 7.54. The number of imidazole rings is 1. The van der Waals surface area contributed by atoms with E-state index in [1.54, 1.807) is 0 Å². The van der Waals surface area contributed by atoms with Crippen LogP contribution >= 0.6 is 0 Å². The average molecular weight is 450 g/mol. The number of nitrogens with one attached hydrogen (secondary N) is 2. The summed E-state index contributed by atoms with van der Waals surface area (Å²) in [4.78, 5) is 21.7. The summed E-state index contributed by atoms with van der Waals surface area (Å²) in [7, 11) is 0. The zero-order chi connectivity index (χ0) is 23.5. The first kappa shape index (κ1) is 21.7. The summed E-state index contributed by atoms with van der Waals surface area (Å²) in [5, 5.41) is 6.45. The fraction of sp³-hybridized carbons (Fsp3) is 0.250. The van der Waals surface area contributed by atoms with E-state index in [-0.39, 0.29) is 5.91 Å². The highest BCUT2D eigenvalue weighted by Crippen LogP contribution is 2.25. The van der Waals surface area contributed by atoms with Gasteiger partial charge in [-0.05, 0) is 48.9 Å². The van der Waals surface area contributed by atoms with Gasteiger partial charge in [0.1, 0.15) is 5.69 Å². The second kappa shape index (κ2) is 9.40. The van der Waals surface area contributed by atoms with Crippen LogP contribution in [0.25, 0.3) is 16.9 Å². The number of carbonyl (C=O) groups is 1. The Morgan fingerprint density at radius 2 is 1.85 bits per heavy atom. The minimum Gasteiger partial charge on any atom is -0.367 e. The number of rotatable bonds is 6. The second-order valence-corrected chi connectivity index (χ2v) is 9.03. The molecule has 6 nitrogen and oxygen atoms in total. The van der Waals surface area contributed by atoms with Crippen LogP contribution in [0.15, 0.2) is 67.0 Å². The highest BCUT2D eigenvalue weighted by atomic mass is 16.1. The third-order valence-electron chi connectivity index (χ3n) is 5.63. The van der Waals surface area contributed by atoms with Crippen LogP contribution in [0, 0.1) is 17.8 Å². The normalized spacial score (nSPS) is 12.9. The highest BCUT2D eigenvalue weighted by Gasteiger charge is 2.23. The molecular formula is C28H27N5O. The van der Waals surface area contributed by atoms with Crippen LogP contribution in [0.1, 0.15) is 48.3 Å². The van der Waals surface area contributed by atoms with Gasteiger partial charge in [0, 0.05) is 35.5 Å². The number of benzene rings is 2. The molecule has 0 saturated heterocycles. The molecule has 0 spiro atoms. The Hall–Kier alpha value is -4.11. The van der Waals surface area contributed by atoms with Gasteiger partial charge >= 0.3 is 0 Å². The smallest absolute Gasteiger partial charge is 0.251 e. The molecule has 4 aromatic rings. The summed E-state index contributed by atoms with van der Waals surface area (Å²) >= 11 is 0. The SMILES string of the molecule is CC(C)CNc1nc(C#Cc2ccccc2)cn2c(-c3ccc(C(=O)NC4CC4)cc3)cnc12. The summed E-state index contributed by atoms with van der Waals surface area (Å²) in [5.41, 5.74) is 4.89. The van der Waals surface area contributed by atoms with Crippen molar-refractivity contribution in [2.75, 3.05) is 11.9 Å². The standard InChI is InChI=1S/C28H27N5O/c1-19(2)16-29-26-27-30-17-25(21-9-11-22(12-10-21)28(34)32-23-14-15-23)33(27)18-24(31-26)13-8-20-6-4-3-5-7-20/h3-7,9-12,17-19,23H,14-16H2,1-2H3,(H,29,31)(H,32,34). The minimum absolute atomic E-state index is 0.0185. The molecule has 170 valence electrons. The van der Waals surface area contributed by atoms with Gasteiger partial charge in [-0.1, -0.05) is 50.1 Å². The van der Waals surface area contributed by atoms with E-state index < -0.39 is 0 Å². The maximum atomic E-state index is 12.3. The van der Waals surface area contributed by atoms with Crippen LogP contribution < -0.4 is 10.6 Å². The van der Waals surface area contributed by atoms with Crippen LogP contribution in [0.4, 0.5) is 5.82 Å². The van der Waals surface area contributed by atoms with Crippen molar-refractivity contribution in [2.45, 2.75) is 32.7 Å². The number of fused-ring (bicyclic) bond motifs is 1. The number of hydrogen-bond acceptors (Lipinski definition) is 4. The summed E-state index contributed by atoms with van der Waals surface area (Å²) in [6.07, 6.45) is 5.90. The average Bonchev–Trinajstić information content (AvgIpc) is 3.57. The van der Waals surface area contributed by atoms with E-state index in [4.69, 9.17) is 4.98 Å². The van der Waals surface area contributed by atoms with Gasteiger partial charge in [-0.15, -0.1) is 0 Å². The Bertz CT molecular complexity index is 1370. The van der Waals surface area contributed by atoms with E-state index in [1.807, 2.05) is 71.4 Å². The fourth-order valence-corrected chi connectivity index (χ4v) is 3.63. The molecule has 1 fully saturated rings. The zero-order valence-electron chi connectivity index (χ0n) is 19.4. The first-order valence-electron chi connectivity index (χ1n) is 11.7. The first-order chi connectivity index (χ1) is 16.6. The van der Waals surface area contributed by atoms with Gasteiger partial charge in [0.05, 0.1) is 11.9 Å². The van der Waals surface area contributed by atoms with E-state index in [1.165, 1.54) is 0 Å². The molecule has 1 amide bonds. The van der Waals surface area contributed by atoms with Crippen molar-refractivity contribution in [3.63, 3.8) is 0 Å². The minimum atomic E-state index is -0.0185. The van der Waals surface area contributed by atoms with E-state index in [9.17, 15) is 4.79 Å². The fourth-order valence-electron chi connectivity index (χ4n) is 3.63. The van der Waals surface area contributed by atoms with E-state index in [0.29, 0.717) is 29.0 Å². The van der Waals surface area contributed by atoms with Crippen molar-refractivity contribution in [3.05, 3.63) is 83.8 Å². The predicted molar refractivity (Wildman–Crippen MR) is 135 cm³/mol. The Balaban J connectivity index is 1.51. The number of nitrogens with zero attached hydrogens (tertiary/aromatic N) is 3. The van der Waals surface area contributed by atoms with Crippen LogP contribution in [-0.2, 0) is 0 Å². The monoisotopic (exact) mass is 449 g/mol. The van der Waals surface area contributed by atoms with Gasteiger partial charge in [-0.3, -0.25) is 9.20 Å². The van der Waals surface area contributed by atoms with Gasteiger partial charge in [0.15, 0.2) is 11.5 Å². The Morgan fingerprint density at radius 3 is 2.56 bits per heavy atom. The van der Waals surface area contributed by atoms with Gasteiger partial charge < -0.3 is 10.6 Å². The summed E-state index contributed by atoms with van der Waals surface area (Å²) in [6, 6.07) is 17.9. The molecule has 0 bridgehead atoms. The number of aromatic nitrogens is 3. The van der Waals surface area contributed by atoms with Crippen LogP contribution in [0.5, 0.6) is 0 Å². The maximum Gasteiger partial charge on any atom is 0.251 e. The molecule has 1 aliphatic rings. The number of carbonyl (C=O) groups excluding carboxylic acids is 1. The quantitative estimate of drug-likeness (QED) is 0.417. The molecule has 2 heterocycles. The molecule has 6 heteroatoms. The highest BCUT2D eigenvalue weighted by molar-refractivity contribution is 5.95. The summed E-state index contributed by atoms with van der Waals surface area (Å²) in [6.45, 7) is 5.09. The van der Waals surface area contributed by atoms with Crippen molar-refractivity contribution in [3.8, 4) is 23.1 Å². The molecule has 2 aromatic carbocycles. The lowest BCUT2D eigenvalue weighted by Crippen LogP contribution is -2.25. The molecule has 5 rings (SSSR count). The molecule has 0 aliphatic heterocycles. The number of amides is 1. The molecule has 34 heavy (non-hydrogen) atoms. The molecule has 0 unspecified atom stereocenters. The van der Waals surface area contributed by atoms with E-state index in [2.05, 4.69) is 41.3 Å². The lowest BCUT2D eigenvalue weighted by Gasteiger charge is -2.11. The van der Waals surface area contributed by atoms with Crippen LogP contribution in [0.3, 0.4) is 0 Å². The predicted octanol–water partition coefficient (Wildman–Crippen LogP) is 4.76. The second-order valence-electron chi connectivity index (χ2n) is 9.03. The van der Waals surface area contributed by atoms with Crippen molar-refractivity contribution < 1.29 is 4.79 Å². The molecule has 0 radical (unpaired) electrons. The van der Waals surface area contributed by atoms with Crippen molar-refractivity contribution in [1.82, 2.24) is 19.7 Å². The molecule has 0 atom stereocenters. The third-order valence-corrected chi connectivity index (χ3v) is 5.63. The van der Waals surface area contributed by atoms with Crippen LogP contribution in [0.2, 0.25) is 0 Å². The Morgan fingerprint density at radius 1 is 1.09 bits per heavy atom. The van der Waals surface area contributed by atoms with Gasteiger partial charge in [-0.2, -0.15) is 0 Å². The zero-order valence-corrected chi connectivity index (χ0v) is 19.4. The van der Waals surface area contributed by atoms with E-state index in [0.717, 1.165) is 41.9 Å². The van der Waals surface area contributed by atoms with Crippen LogP contribution in [-0.4, -0.2) is 32.9 Å². The lowest BCUT2D eigenvalue weighted by molar-refractivity contribution is 0.0951. The molecule has 1 aliphatic carbocycles. The molecule has 1 saturated carbocycles. The molecule has 2 N–H and O–H groups in total. The molecule has 2 aromatic heterocycles. The number of hydrogen-bond donors (Lipinski definition) is 2. The third kappa shape index (κ3) is 4.94. The number of anilines is 1. The maximum absolute atomic E-state index is 12.3. The van der Waals surface area contributed by atoms with Crippen molar-refractivity contribution >= 4 is 17.4 Å². The largest absolute Gasteiger partial charge is 0.367 e. The Kier molecular flexibility index (Phi) is 6.01. The van der Waals surface area contributed by atoms with Gasteiger partial charge in [-0.25, -0.2) is 9.97 Å².